The van der Waals surface area contributed by atoms with Gasteiger partial charge in [-0.2, -0.15) is 0 Å². The molecule has 1 unspecified atom stereocenters. The Morgan fingerprint density at radius 1 is 1.41 bits per heavy atom. The summed E-state index contributed by atoms with van der Waals surface area (Å²) in [4.78, 5) is 14.4. The Labute approximate surface area is 130 Å². The maximum Gasteiger partial charge on any atom is 0.288 e. The first kappa shape index (κ1) is 14.9. The third-order valence-corrected chi connectivity index (χ3v) is 4.12. The van der Waals surface area contributed by atoms with Gasteiger partial charge in [0.25, 0.3) is 5.91 Å². The van der Waals surface area contributed by atoms with E-state index in [4.69, 9.17) is 9.47 Å². The van der Waals surface area contributed by atoms with Gasteiger partial charge in [-0.1, -0.05) is 18.2 Å². The van der Waals surface area contributed by atoms with Crippen LogP contribution >= 0.6 is 0 Å². The smallest absolute Gasteiger partial charge is 0.288 e. The number of amides is 1. The van der Waals surface area contributed by atoms with E-state index in [0.717, 1.165) is 30.7 Å². The van der Waals surface area contributed by atoms with Gasteiger partial charge < -0.3 is 19.7 Å². The van der Waals surface area contributed by atoms with E-state index in [2.05, 4.69) is 5.32 Å². The van der Waals surface area contributed by atoms with Gasteiger partial charge in [0, 0.05) is 25.2 Å². The summed E-state index contributed by atoms with van der Waals surface area (Å²) >= 11 is 0. The second kappa shape index (κ2) is 6.83. The minimum absolute atomic E-state index is 0.00102. The fourth-order valence-corrected chi connectivity index (χ4v) is 2.96. The van der Waals surface area contributed by atoms with Crippen molar-refractivity contribution in [3.63, 3.8) is 0 Å². The SMILES string of the molecule is COc1ccccc1C1CN(C(=O)C2=CCCCO2)CCN1. The van der Waals surface area contributed by atoms with Crippen molar-refractivity contribution >= 4 is 5.91 Å². The van der Waals surface area contributed by atoms with Crippen molar-refractivity contribution in [3.8, 4) is 5.75 Å². The van der Waals surface area contributed by atoms with Crippen LogP contribution in [0.2, 0.25) is 0 Å². The molecule has 2 aliphatic heterocycles. The molecule has 1 saturated heterocycles. The Morgan fingerprint density at radius 3 is 3.05 bits per heavy atom. The van der Waals surface area contributed by atoms with Gasteiger partial charge in [0.1, 0.15) is 5.75 Å². The molecule has 2 heterocycles. The van der Waals surface area contributed by atoms with Crippen LogP contribution in [0, 0.1) is 0 Å². The van der Waals surface area contributed by atoms with Crippen LogP contribution in [0.4, 0.5) is 0 Å². The molecular weight excluding hydrogens is 280 g/mol. The van der Waals surface area contributed by atoms with Gasteiger partial charge in [0.15, 0.2) is 5.76 Å². The maximum atomic E-state index is 12.6. The van der Waals surface area contributed by atoms with Crippen LogP contribution in [0.1, 0.15) is 24.4 Å². The molecule has 1 atom stereocenters. The van der Waals surface area contributed by atoms with Crippen molar-refractivity contribution in [3.05, 3.63) is 41.7 Å². The Morgan fingerprint density at radius 2 is 2.27 bits per heavy atom. The molecule has 1 fully saturated rings. The first-order chi connectivity index (χ1) is 10.8. The number of methoxy groups -OCH3 is 1. The van der Waals surface area contributed by atoms with Gasteiger partial charge >= 0.3 is 0 Å². The fraction of sp³-hybridized carbons (Fsp3) is 0.471. The van der Waals surface area contributed by atoms with E-state index in [0.29, 0.717) is 25.5 Å². The van der Waals surface area contributed by atoms with Gasteiger partial charge in [-0.15, -0.1) is 0 Å². The lowest BCUT2D eigenvalue weighted by Crippen LogP contribution is -2.49. The zero-order chi connectivity index (χ0) is 15.4. The molecule has 0 saturated carbocycles. The van der Waals surface area contributed by atoms with Crippen LogP contribution in [0.3, 0.4) is 0 Å². The van der Waals surface area contributed by atoms with Gasteiger partial charge in [-0.25, -0.2) is 0 Å². The molecule has 0 bridgehead atoms. The summed E-state index contributed by atoms with van der Waals surface area (Å²) in [5.74, 6) is 1.36. The van der Waals surface area contributed by atoms with Gasteiger partial charge in [-0.3, -0.25) is 4.79 Å². The summed E-state index contributed by atoms with van der Waals surface area (Å²) in [5, 5.41) is 3.46. The van der Waals surface area contributed by atoms with Gasteiger partial charge in [0.2, 0.25) is 0 Å². The van der Waals surface area contributed by atoms with E-state index in [1.165, 1.54) is 0 Å². The molecule has 1 N–H and O–H groups in total. The number of rotatable bonds is 3. The summed E-state index contributed by atoms with van der Waals surface area (Å²) in [6.07, 6.45) is 3.82. The first-order valence-electron chi connectivity index (χ1n) is 7.78. The van der Waals surface area contributed by atoms with Crippen LogP contribution in [0.25, 0.3) is 0 Å². The third kappa shape index (κ3) is 3.09. The summed E-state index contributed by atoms with van der Waals surface area (Å²) in [6, 6.07) is 8.02. The highest BCUT2D eigenvalue weighted by molar-refractivity contribution is 5.91. The summed E-state index contributed by atoms with van der Waals surface area (Å²) in [6.45, 7) is 2.73. The Kier molecular flexibility index (Phi) is 4.63. The molecule has 2 aliphatic rings. The molecular formula is C17H22N2O3. The Balaban J connectivity index is 1.74. The predicted octanol–water partition coefficient (Wildman–Crippen LogP) is 1.86. The number of allylic oxidation sites excluding steroid dienone is 1. The molecule has 0 spiro atoms. The maximum absolute atomic E-state index is 12.6. The highest BCUT2D eigenvalue weighted by Crippen LogP contribution is 2.27. The van der Waals surface area contributed by atoms with Crippen molar-refractivity contribution in [2.75, 3.05) is 33.4 Å². The van der Waals surface area contributed by atoms with Crippen molar-refractivity contribution in [2.45, 2.75) is 18.9 Å². The third-order valence-electron chi connectivity index (χ3n) is 4.12. The van der Waals surface area contributed by atoms with E-state index in [9.17, 15) is 4.79 Å². The lowest BCUT2D eigenvalue weighted by Gasteiger charge is -2.35. The van der Waals surface area contributed by atoms with Crippen molar-refractivity contribution < 1.29 is 14.3 Å². The van der Waals surface area contributed by atoms with E-state index in [1.807, 2.05) is 35.2 Å². The number of nitrogens with zero attached hydrogens (tertiary/aromatic N) is 1. The number of piperazine rings is 1. The zero-order valence-electron chi connectivity index (χ0n) is 12.9. The summed E-state index contributed by atoms with van der Waals surface area (Å²) < 4.78 is 10.9. The van der Waals surface area contributed by atoms with Crippen molar-refractivity contribution in [1.82, 2.24) is 10.2 Å². The number of hydrogen-bond donors (Lipinski definition) is 1. The monoisotopic (exact) mass is 302 g/mol. The van der Waals surface area contributed by atoms with Gasteiger partial charge in [0.05, 0.1) is 19.8 Å². The number of nitrogens with one attached hydrogen (secondary N) is 1. The van der Waals surface area contributed by atoms with Crippen LogP contribution < -0.4 is 10.1 Å². The topological polar surface area (TPSA) is 50.8 Å². The van der Waals surface area contributed by atoms with Crippen LogP contribution in [-0.2, 0) is 9.53 Å². The highest BCUT2D eigenvalue weighted by Gasteiger charge is 2.28. The molecule has 0 radical (unpaired) electrons. The molecule has 1 aromatic carbocycles. The van der Waals surface area contributed by atoms with Crippen molar-refractivity contribution in [2.24, 2.45) is 0 Å². The molecule has 5 heteroatoms. The number of benzene rings is 1. The molecule has 3 rings (SSSR count). The minimum atomic E-state index is 0.00102. The largest absolute Gasteiger partial charge is 0.496 e. The second-order valence-corrected chi connectivity index (χ2v) is 5.56. The summed E-state index contributed by atoms with van der Waals surface area (Å²) in [5.41, 5.74) is 1.08. The molecule has 22 heavy (non-hydrogen) atoms. The highest BCUT2D eigenvalue weighted by atomic mass is 16.5. The number of ether oxygens (including phenoxy) is 2. The molecule has 0 aliphatic carbocycles. The standard InChI is InChI=1S/C17H22N2O3/c1-21-15-7-3-2-6-13(15)14-12-19(10-9-18-14)17(20)16-8-4-5-11-22-16/h2-3,6-8,14,18H,4-5,9-12H2,1H3. The Hall–Kier alpha value is -2.01. The fourth-order valence-electron chi connectivity index (χ4n) is 2.96. The number of carbonyl (C=O) groups is 1. The lowest BCUT2D eigenvalue weighted by atomic mass is 10.0. The molecule has 118 valence electrons. The van der Waals surface area contributed by atoms with Crippen LogP contribution in [0.5, 0.6) is 5.75 Å². The average molecular weight is 302 g/mol. The number of hydrogen-bond acceptors (Lipinski definition) is 4. The molecule has 5 nitrogen and oxygen atoms in total. The number of para-hydroxylation sites is 1. The number of carbonyl (C=O) groups excluding carboxylic acids is 1. The lowest BCUT2D eigenvalue weighted by molar-refractivity contribution is -0.132. The van der Waals surface area contributed by atoms with E-state index >= 15 is 0 Å². The molecule has 1 aromatic rings. The second-order valence-electron chi connectivity index (χ2n) is 5.56. The zero-order valence-corrected chi connectivity index (χ0v) is 12.9. The van der Waals surface area contributed by atoms with E-state index < -0.39 is 0 Å². The summed E-state index contributed by atoms with van der Waals surface area (Å²) in [7, 11) is 1.67. The minimum Gasteiger partial charge on any atom is -0.496 e. The van der Waals surface area contributed by atoms with Gasteiger partial charge in [-0.05, 0) is 25.0 Å². The van der Waals surface area contributed by atoms with E-state index in [1.54, 1.807) is 7.11 Å². The predicted molar refractivity (Wildman–Crippen MR) is 83.6 cm³/mol. The normalized spacial score (nSPS) is 21.8. The van der Waals surface area contributed by atoms with E-state index in [-0.39, 0.29) is 11.9 Å². The van der Waals surface area contributed by atoms with Crippen LogP contribution in [0.15, 0.2) is 36.1 Å². The average Bonchev–Trinajstić information content (AvgIpc) is 2.62. The first-order valence-corrected chi connectivity index (χ1v) is 7.78. The Bertz CT molecular complexity index is 571. The van der Waals surface area contributed by atoms with Crippen LogP contribution in [-0.4, -0.2) is 44.2 Å². The molecule has 0 aromatic heterocycles. The quantitative estimate of drug-likeness (QED) is 0.926. The van der Waals surface area contributed by atoms with Crippen molar-refractivity contribution in [1.29, 1.82) is 0 Å². The molecule has 1 amide bonds.